The third kappa shape index (κ3) is 4.08. The van der Waals surface area contributed by atoms with E-state index in [2.05, 4.69) is 29.7 Å². The zero-order chi connectivity index (χ0) is 15.1. The fourth-order valence-electron chi connectivity index (χ4n) is 2.13. The molecule has 0 aliphatic carbocycles. The fourth-order valence-corrected chi connectivity index (χ4v) is 2.13. The number of nitrogens with one attached hydrogen (secondary N) is 2. The summed E-state index contributed by atoms with van der Waals surface area (Å²) < 4.78 is 0. The molecule has 0 aromatic heterocycles. The second kappa shape index (κ2) is 7.68. The Hall–Kier alpha value is -1.84. The third-order valence-corrected chi connectivity index (χ3v) is 3.27. The standard InChI is InChI=1S/C14H18N2O2.C2H6/c1-3-10-4-5-11(9(2)8-10)15-12-6-7-13(17)16-14(12)18;1-2/h4-5,8,12,15H,3,6-7H2,1-2H3,(H,16,17,18);1-2H3. The minimum atomic E-state index is -0.311. The molecule has 1 unspecified atom stereocenters. The van der Waals surface area contributed by atoms with Gasteiger partial charge in [0.1, 0.15) is 6.04 Å². The Kier molecular flexibility index (Phi) is 6.22. The highest BCUT2D eigenvalue weighted by Gasteiger charge is 2.26. The number of anilines is 1. The van der Waals surface area contributed by atoms with Crippen LogP contribution in [0.2, 0.25) is 0 Å². The van der Waals surface area contributed by atoms with Gasteiger partial charge in [-0.25, -0.2) is 0 Å². The second-order valence-corrected chi connectivity index (χ2v) is 4.65. The molecule has 1 atom stereocenters. The summed E-state index contributed by atoms with van der Waals surface area (Å²) in [4.78, 5) is 22.7. The molecule has 1 aliphatic rings. The zero-order valence-corrected chi connectivity index (χ0v) is 12.7. The van der Waals surface area contributed by atoms with Crippen molar-refractivity contribution >= 4 is 17.5 Å². The van der Waals surface area contributed by atoms with Gasteiger partial charge in [-0.1, -0.05) is 32.9 Å². The van der Waals surface area contributed by atoms with Crippen molar-refractivity contribution in [2.75, 3.05) is 5.32 Å². The van der Waals surface area contributed by atoms with Crippen LogP contribution in [0.25, 0.3) is 0 Å². The van der Waals surface area contributed by atoms with Gasteiger partial charge in [0.05, 0.1) is 0 Å². The number of hydrogen-bond donors (Lipinski definition) is 2. The SMILES string of the molecule is CC.CCc1ccc(NC2CCC(=O)NC2=O)c(C)c1. The van der Waals surface area contributed by atoms with Crippen LogP contribution in [0, 0.1) is 6.92 Å². The van der Waals surface area contributed by atoms with Gasteiger partial charge in [0.2, 0.25) is 11.8 Å². The van der Waals surface area contributed by atoms with Crippen molar-refractivity contribution in [2.45, 2.75) is 53.0 Å². The van der Waals surface area contributed by atoms with Crippen LogP contribution in [-0.2, 0) is 16.0 Å². The van der Waals surface area contributed by atoms with Crippen LogP contribution in [0.3, 0.4) is 0 Å². The lowest BCUT2D eigenvalue weighted by Gasteiger charge is -2.23. The Labute approximate surface area is 121 Å². The maximum absolute atomic E-state index is 11.6. The molecule has 1 aliphatic heterocycles. The second-order valence-electron chi connectivity index (χ2n) is 4.65. The van der Waals surface area contributed by atoms with E-state index in [9.17, 15) is 9.59 Å². The van der Waals surface area contributed by atoms with Crippen LogP contribution in [0.5, 0.6) is 0 Å². The van der Waals surface area contributed by atoms with E-state index in [0.29, 0.717) is 12.8 Å². The molecule has 1 fully saturated rings. The normalized spacial score (nSPS) is 17.9. The van der Waals surface area contributed by atoms with Crippen LogP contribution in [0.4, 0.5) is 5.69 Å². The lowest BCUT2D eigenvalue weighted by Crippen LogP contribution is -2.47. The first-order chi connectivity index (χ1) is 9.60. The van der Waals surface area contributed by atoms with Crippen LogP contribution in [-0.4, -0.2) is 17.9 Å². The first-order valence-electron chi connectivity index (χ1n) is 7.30. The van der Waals surface area contributed by atoms with Crippen LogP contribution >= 0.6 is 0 Å². The molecular formula is C16H24N2O2. The molecule has 0 radical (unpaired) electrons. The largest absolute Gasteiger partial charge is 0.373 e. The van der Waals surface area contributed by atoms with Gasteiger partial charge in [0.25, 0.3) is 0 Å². The number of hydrogen-bond acceptors (Lipinski definition) is 3. The molecule has 4 nitrogen and oxygen atoms in total. The Morgan fingerprint density at radius 1 is 1.30 bits per heavy atom. The van der Waals surface area contributed by atoms with Crippen molar-refractivity contribution < 1.29 is 9.59 Å². The molecule has 2 N–H and O–H groups in total. The number of amides is 2. The highest BCUT2D eigenvalue weighted by molar-refractivity contribution is 6.01. The van der Waals surface area contributed by atoms with Gasteiger partial charge >= 0.3 is 0 Å². The number of imide groups is 1. The minimum absolute atomic E-state index is 0.184. The first kappa shape index (κ1) is 16.2. The molecule has 0 saturated carbocycles. The molecule has 20 heavy (non-hydrogen) atoms. The molecule has 2 amide bonds. The molecule has 2 rings (SSSR count). The Balaban J connectivity index is 0.000000956. The van der Waals surface area contributed by atoms with Gasteiger partial charge in [-0.3, -0.25) is 14.9 Å². The van der Waals surface area contributed by atoms with Gasteiger partial charge in [-0.2, -0.15) is 0 Å². The van der Waals surface area contributed by atoms with Crippen LogP contribution in [0.1, 0.15) is 44.7 Å². The van der Waals surface area contributed by atoms with Gasteiger partial charge in [-0.15, -0.1) is 0 Å². The van der Waals surface area contributed by atoms with E-state index in [1.54, 1.807) is 0 Å². The number of piperidine rings is 1. The summed E-state index contributed by atoms with van der Waals surface area (Å²) in [5.41, 5.74) is 3.36. The predicted octanol–water partition coefficient (Wildman–Crippen LogP) is 2.80. The van der Waals surface area contributed by atoms with Gasteiger partial charge < -0.3 is 5.32 Å². The van der Waals surface area contributed by atoms with Crippen molar-refractivity contribution in [2.24, 2.45) is 0 Å². The minimum Gasteiger partial charge on any atom is -0.373 e. The number of aryl methyl sites for hydroxylation is 2. The molecule has 1 aromatic carbocycles. The van der Waals surface area contributed by atoms with Gasteiger partial charge in [0.15, 0.2) is 0 Å². The highest BCUT2D eigenvalue weighted by Crippen LogP contribution is 2.20. The lowest BCUT2D eigenvalue weighted by molar-refractivity contribution is -0.133. The number of benzene rings is 1. The summed E-state index contributed by atoms with van der Waals surface area (Å²) in [5, 5.41) is 5.56. The van der Waals surface area contributed by atoms with E-state index in [-0.39, 0.29) is 17.9 Å². The third-order valence-electron chi connectivity index (χ3n) is 3.27. The summed E-state index contributed by atoms with van der Waals surface area (Å²) in [7, 11) is 0. The maximum Gasteiger partial charge on any atom is 0.249 e. The number of carbonyl (C=O) groups excluding carboxylic acids is 2. The average molecular weight is 276 g/mol. The molecule has 110 valence electrons. The molecule has 4 heteroatoms. The summed E-state index contributed by atoms with van der Waals surface area (Å²) in [6.45, 7) is 8.13. The van der Waals surface area contributed by atoms with Crippen molar-refractivity contribution in [1.29, 1.82) is 0 Å². The zero-order valence-electron chi connectivity index (χ0n) is 12.7. The lowest BCUT2D eigenvalue weighted by atomic mass is 10.0. The summed E-state index contributed by atoms with van der Waals surface area (Å²) >= 11 is 0. The number of carbonyl (C=O) groups is 2. The Morgan fingerprint density at radius 3 is 2.55 bits per heavy atom. The van der Waals surface area contributed by atoms with Gasteiger partial charge in [-0.05, 0) is 37.0 Å². The molecule has 0 bridgehead atoms. The first-order valence-corrected chi connectivity index (χ1v) is 7.30. The molecule has 1 saturated heterocycles. The van der Waals surface area contributed by atoms with E-state index in [0.717, 1.165) is 17.7 Å². The molecule has 0 spiro atoms. The van der Waals surface area contributed by atoms with Crippen molar-refractivity contribution in [3.8, 4) is 0 Å². The topological polar surface area (TPSA) is 58.2 Å². The number of rotatable bonds is 3. The average Bonchev–Trinajstić information content (AvgIpc) is 2.46. The predicted molar refractivity (Wildman–Crippen MR) is 81.7 cm³/mol. The molecular weight excluding hydrogens is 252 g/mol. The van der Waals surface area contributed by atoms with E-state index in [1.807, 2.05) is 26.8 Å². The van der Waals surface area contributed by atoms with E-state index in [4.69, 9.17) is 0 Å². The van der Waals surface area contributed by atoms with Crippen LogP contribution < -0.4 is 10.6 Å². The summed E-state index contributed by atoms with van der Waals surface area (Å²) in [6, 6.07) is 5.86. The van der Waals surface area contributed by atoms with Crippen LogP contribution in [0.15, 0.2) is 18.2 Å². The maximum atomic E-state index is 11.6. The van der Waals surface area contributed by atoms with E-state index in [1.165, 1.54) is 5.56 Å². The molecule has 1 heterocycles. The Bertz CT molecular complexity index is 483. The van der Waals surface area contributed by atoms with Crippen molar-refractivity contribution in [1.82, 2.24) is 5.32 Å². The summed E-state index contributed by atoms with van der Waals surface area (Å²) in [5.74, 6) is -0.415. The van der Waals surface area contributed by atoms with Crippen molar-refractivity contribution in [3.05, 3.63) is 29.3 Å². The monoisotopic (exact) mass is 276 g/mol. The van der Waals surface area contributed by atoms with Gasteiger partial charge in [0, 0.05) is 12.1 Å². The van der Waals surface area contributed by atoms with E-state index < -0.39 is 0 Å². The smallest absolute Gasteiger partial charge is 0.249 e. The Morgan fingerprint density at radius 2 is 2.00 bits per heavy atom. The van der Waals surface area contributed by atoms with E-state index >= 15 is 0 Å². The van der Waals surface area contributed by atoms with Crippen molar-refractivity contribution in [3.63, 3.8) is 0 Å². The summed E-state index contributed by atoms with van der Waals surface area (Å²) in [6.07, 6.45) is 1.95. The quantitative estimate of drug-likeness (QED) is 0.835. The fraction of sp³-hybridized carbons (Fsp3) is 0.500. The highest BCUT2D eigenvalue weighted by atomic mass is 16.2. The molecule has 1 aromatic rings.